The number of hydrogen-bond acceptors (Lipinski definition) is 6. The fourth-order valence-electron chi connectivity index (χ4n) is 5.73. The van der Waals surface area contributed by atoms with Crippen LogP contribution in [0.1, 0.15) is 51.5 Å². The molecule has 0 bridgehead atoms. The van der Waals surface area contributed by atoms with E-state index < -0.39 is 0 Å². The fourth-order valence-corrected chi connectivity index (χ4v) is 5.73. The van der Waals surface area contributed by atoms with Crippen LogP contribution in [0.4, 0.5) is 10.2 Å². The Kier molecular flexibility index (Phi) is 5.40. The van der Waals surface area contributed by atoms with Crippen LogP contribution in [0.15, 0.2) is 24.8 Å². The normalized spacial score (nSPS) is 19.7. The highest BCUT2D eigenvalue weighted by Gasteiger charge is 2.33. The number of pyridine rings is 2. The van der Waals surface area contributed by atoms with E-state index in [0.29, 0.717) is 34.2 Å². The molecule has 0 unspecified atom stereocenters. The zero-order valence-corrected chi connectivity index (χ0v) is 20.8. The summed E-state index contributed by atoms with van der Waals surface area (Å²) in [6, 6.07) is 2.84. The number of ether oxygens (including phenoxy) is 1. The third kappa shape index (κ3) is 3.55. The molecule has 0 amide bonds. The van der Waals surface area contributed by atoms with Crippen molar-refractivity contribution in [2.24, 2.45) is 0 Å². The number of methoxy groups -OCH3 is 1. The minimum absolute atomic E-state index is 0.0915. The Morgan fingerprint density at radius 2 is 2.03 bits per heavy atom. The molecule has 0 radical (unpaired) electrons. The molecule has 8 nitrogen and oxygen atoms in total. The standard InChI is InChI=1S/C26H32FN7O/c1-15(2)21-22-19(31-24(21)17-10-20(35-4)25-29-14-30-34(25)13-17)11-28-26(23(22)27)33-9-8-32(12-16(33)3)18-6-5-7-18/h10-11,13-16,18,31H,5-9,12H2,1-4H3/t16-/m1/s1. The van der Waals surface area contributed by atoms with Crippen molar-refractivity contribution in [3.63, 3.8) is 0 Å². The largest absolute Gasteiger partial charge is 0.493 e. The molecule has 35 heavy (non-hydrogen) atoms. The van der Waals surface area contributed by atoms with Crippen molar-refractivity contribution in [1.82, 2.24) is 29.5 Å². The van der Waals surface area contributed by atoms with Gasteiger partial charge in [0.05, 0.1) is 24.5 Å². The average Bonchev–Trinajstić information content (AvgIpc) is 3.43. The molecule has 1 saturated carbocycles. The lowest BCUT2D eigenvalue weighted by Gasteiger charge is -2.46. The first-order valence-electron chi connectivity index (χ1n) is 12.5. The van der Waals surface area contributed by atoms with Gasteiger partial charge in [-0.15, -0.1) is 0 Å². The minimum atomic E-state index is -0.244. The number of aromatic amines is 1. The number of fused-ring (bicyclic) bond motifs is 2. The predicted octanol–water partition coefficient (Wildman–Crippen LogP) is 4.61. The van der Waals surface area contributed by atoms with Gasteiger partial charge in [0.25, 0.3) is 0 Å². The summed E-state index contributed by atoms with van der Waals surface area (Å²) in [6.45, 7) is 9.08. The number of aromatic nitrogens is 5. The van der Waals surface area contributed by atoms with Gasteiger partial charge >= 0.3 is 0 Å². The molecule has 0 aromatic carbocycles. The van der Waals surface area contributed by atoms with Gasteiger partial charge in [-0.1, -0.05) is 20.3 Å². The Morgan fingerprint density at radius 1 is 1.20 bits per heavy atom. The maximum Gasteiger partial charge on any atom is 0.197 e. The molecule has 1 N–H and O–H groups in total. The van der Waals surface area contributed by atoms with Crippen LogP contribution in [0.25, 0.3) is 27.8 Å². The van der Waals surface area contributed by atoms with E-state index in [2.05, 4.69) is 50.6 Å². The highest BCUT2D eigenvalue weighted by atomic mass is 19.1. The minimum Gasteiger partial charge on any atom is -0.493 e. The van der Waals surface area contributed by atoms with Gasteiger partial charge in [0, 0.05) is 48.9 Å². The first-order chi connectivity index (χ1) is 17.0. The third-order valence-electron chi connectivity index (χ3n) is 7.75. The lowest BCUT2D eigenvalue weighted by molar-refractivity contribution is 0.106. The van der Waals surface area contributed by atoms with Crippen LogP contribution in [0.2, 0.25) is 0 Å². The Hall–Kier alpha value is -3.20. The molecule has 4 aromatic rings. The summed E-state index contributed by atoms with van der Waals surface area (Å²) < 4.78 is 23.5. The number of nitrogens with one attached hydrogen (secondary N) is 1. The lowest BCUT2D eigenvalue weighted by Crippen LogP contribution is -2.56. The second kappa shape index (κ2) is 8.48. The summed E-state index contributed by atoms with van der Waals surface area (Å²) in [5, 5.41) is 4.90. The van der Waals surface area contributed by atoms with E-state index in [1.54, 1.807) is 17.8 Å². The number of piperazine rings is 1. The van der Waals surface area contributed by atoms with E-state index in [-0.39, 0.29) is 17.8 Å². The van der Waals surface area contributed by atoms with E-state index >= 15 is 4.39 Å². The van der Waals surface area contributed by atoms with Crippen LogP contribution in [-0.2, 0) is 0 Å². The second-order valence-electron chi connectivity index (χ2n) is 10.2. The maximum absolute atomic E-state index is 16.3. The molecule has 1 atom stereocenters. The van der Waals surface area contributed by atoms with Crippen LogP contribution < -0.4 is 9.64 Å². The fraction of sp³-hybridized carbons (Fsp3) is 0.500. The first kappa shape index (κ1) is 22.3. The predicted molar refractivity (Wildman–Crippen MR) is 135 cm³/mol. The summed E-state index contributed by atoms with van der Waals surface area (Å²) >= 11 is 0. The summed E-state index contributed by atoms with van der Waals surface area (Å²) in [5.74, 6) is 0.918. The van der Waals surface area contributed by atoms with Crippen LogP contribution in [0.5, 0.6) is 5.75 Å². The number of rotatable bonds is 5. The van der Waals surface area contributed by atoms with Crippen LogP contribution in [0.3, 0.4) is 0 Å². The zero-order valence-electron chi connectivity index (χ0n) is 20.8. The van der Waals surface area contributed by atoms with Crippen molar-refractivity contribution in [2.75, 3.05) is 31.6 Å². The van der Waals surface area contributed by atoms with Gasteiger partial charge in [-0.25, -0.2) is 18.9 Å². The number of H-pyrrole nitrogens is 1. The molecule has 6 rings (SSSR count). The molecule has 2 fully saturated rings. The Balaban J connectivity index is 1.44. The Bertz CT molecular complexity index is 1390. The van der Waals surface area contributed by atoms with E-state index in [9.17, 15) is 0 Å². The summed E-state index contributed by atoms with van der Waals surface area (Å²) in [4.78, 5) is 17.0. The van der Waals surface area contributed by atoms with Gasteiger partial charge in [-0.2, -0.15) is 5.10 Å². The average molecular weight is 478 g/mol. The second-order valence-corrected chi connectivity index (χ2v) is 10.2. The first-order valence-corrected chi connectivity index (χ1v) is 12.5. The highest BCUT2D eigenvalue weighted by Crippen LogP contribution is 2.40. The maximum atomic E-state index is 16.3. The molecule has 9 heteroatoms. The molecule has 0 spiro atoms. The summed E-state index contributed by atoms with van der Waals surface area (Å²) in [7, 11) is 1.62. The molecule has 2 aliphatic rings. The summed E-state index contributed by atoms with van der Waals surface area (Å²) in [5.41, 5.74) is 3.99. The quantitative estimate of drug-likeness (QED) is 0.453. The molecular formula is C26H32FN7O. The molecular weight excluding hydrogens is 445 g/mol. The number of hydrogen-bond donors (Lipinski definition) is 1. The van der Waals surface area contributed by atoms with Gasteiger partial charge in [0.2, 0.25) is 0 Å². The molecule has 1 aliphatic heterocycles. The van der Waals surface area contributed by atoms with Crippen molar-refractivity contribution in [1.29, 1.82) is 0 Å². The van der Waals surface area contributed by atoms with Gasteiger partial charge in [0.15, 0.2) is 23.0 Å². The van der Waals surface area contributed by atoms with E-state index in [4.69, 9.17) is 4.74 Å². The molecule has 1 saturated heterocycles. The van der Waals surface area contributed by atoms with Crippen molar-refractivity contribution in [2.45, 2.75) is 58.0 Å². The van der Waals surface area contributed by atoms with Crippen molar-refractivity contribution in [3.8, 4) is 17.0 Å². The van der Waals surface area contributed by atoms with Crippen LogP contribution in [-0.4, -0.2) is 68.3 Å². The van der Waals surface area contributed by atoms with Gasteiger partial charge in [0.1, 0.15) is 6.33 Å². The van der Waals surface area contributed by atoms with Crippen molar-refractivity contribution < 1.29 is 9.13 Å². The SMILES string of the molecule is COc1cc(-c2[nH]c3cnc(N4CCN(C5CCC5)C[C@H]4C)c(F)c3c2C(C)C)cn2ncnc12. The van der Waals surface area contributed by atoms with Crippen molar-refractivity contribution >= 4 is 22.4 Å². The smallest absolute Gasteiger partial charge is 0.197 e. The van der Waals surface area contributed by atoms with E-state index in [1.165, 1.54) is 25.6 Å². The Morgan fingerprint density at radius 3 is 2.71 bits per heavy atom. The number of nitrogens with zero attached hydrogens (tertiary/aromatic N) is 6. The third-order valence-corrected chi connectivity index (χ3v) is 7.75. The lowest BCUT2D eigenvalue weighted by atomic mass is 9.90. The molecule has 184 valence electrons. The number of halogens is 1. The van der Waals surface area contributed by atoms with E-state index in [1.807, 2.05) is 12.3 Å². The van der Waals surface area contributed by atoms with E-state index in [0.717, 1.165) is 36.5 Å². The van der Waals surface area contributed by atoms with Crippen LogP contribution >= 0.6 is 0 Å². The van der Waals surface area contributed by atoms with Crippen molar-refractivity contribution in [3.05, 3.63) is 36.2 Å². The monoisotopic (exact) mass is 477 g/mol. The summed E-state index contributed by atoms with van der Waals surface area (Å²) in [6.07, 6.45) is 9.09. The van der Waals surface area contributed by atoms with Gasteiger partial charge in [-0.3, -0.25) is 4.90 Å². The van der Waals surface area contributed by atoms with Crippen LogP contribution in [0, 0.1) is 5.82 Å². The molecule has 4 aromatic heterocycles. The van der Waals surface area contributed by atoms with Gasteiger partial charge < -0.3 is 14.6 Å². The Labute approximate surface area is 204 Å². The van der Waals surface area contributed by atoms with Gasteiger partial charge in [-0.05, 0) is 37.3 Å². The number of anilines is 1. The zero-order chi connectivity index (χ0) is 24.3. The topological polar surface area (TPSA) is 74.6 Å². The molecule has 5 heterocycles. The molecule has 1 aliphatic carbocycles. The highest BCUT2D eigenvalue weighted by molar-refractivity contribution is 5.93.